The molecule has 2 fully saturated rings. The van der Waals surface area contributed by atoms with Crippen molar-refractivity contribution in [1.82, 2.24) is 19.9 Å². The van der Waals surface area contributed by atoms with Gasteiger partial charge < -0.3 is 24.3 Å². The molecular weight excluding hydrogens is 464 g/mol. The van der Waals surface area contributed by atoms with E-state index in [1.54, 1.807) is 0 Å². The number of pyridine rings is 3. The van der Waals surface area contributed by atoms with Gasteiger partial charge in [0.1, 0.15) is 5.65 Å². The first-order valence-electron chi connectivity index (χ1n) is 12.8. The average molecular weight is 493 g/mol. The van der Waals surface area contributed by atoms with E-state index >= 15 is 0 Å². The van der Waals surface area contributed by atoms with E-state index in [1.165, 1.54) is 0 Å². The minimum atomic E-state index is 0.759. The van der Waals surface area contributed by atoms with Gasteiger partial charge in [-0.3, -0.25) is 9.97 Å². The molecule has 0 atom stereocenters. The van der Waals surface area contributed by atoms with Crippen LogP contribution in [-0.2, 0) is 9.47 Å². The van der Waals surface area contributed by atoms with Crippen molar-refractivity contribution >= 4 is 33.3 Å². The lowest BCUT2D eigenvalue weighted by atomic mass is 10.0. The summed E-state index contributed by atoms with van der Waals surface area (Å²) in [5, 5.41) is 2.20. The van der Waals surface area contributed by atoms with Crippen LogP contribution in [0, 0.1) is 0 Å². The number of nitrogens with one attached hydrogen (secondary N) is 1. The average Bonchev–Trinajstić information content (AvgIpc) is 3.36. The van der Waals surface area contributed by atoms with E-state index in [1.807, 2.05) is 18.6 Å². The van der Waals surface area contributed by atoms with E-state index in [-0.39, 0.29) is 0 Å². The highest BCUT2D eigenvalue weighted by Gasteiger charge is 2.16. The maximum Gasteiger partial charge on any atom is 0.138 e. The van der Waals surface area contributed by atoms with Gasteiger partial charge in [-0.25, -0.2) is 4.98 Å². The topological polar surface area (TPSA) is 79.4 Å². The van der Waals surface area contributed by atoms with Crippen molar-refractivity contribution in [1.29, 1.82) is 0 Å². The summed E-state index contributed by atoms with van der Waals surface area (Å²) >= 11 is 0. The Morgan fingerprint density at radius 1 is 0.676 bits per heavy atom. The molecule has 5 aromatic rings. The third-order valence-corrected chi connectivity index (χ3v) is 7.31. The number of aromatic nitrogens is 4. The summed E-state index contributed by atoms with van der Waals surface area (Å²) in [6.45, 7) is 6.64. The highest BCUT2D eigenvalue weighted by atomic mass is 16.5. The first-order valence-corrected chi connectivity index (χ1v) is 12.8. The van der Waals surface area contributed by atoms with Gasteiger partial charge in [-0.05, 0) is 42.5 Å². The first-order chi connectivity index (χ1) is 18.3. The number of H-pyrrole nitrogens is 1. The molecule has 6 heterocycles. The van der Waals surface area contributed by atoms with Crippen LogP contribution in [0.2, 0.25) is 0 Å². The largest absolute Gasteiger partial charge is 0.378 e. The molecule has 0 radical (unpaired) electrons. The Labute approximate surface area is 214 Å². The number of morpholine rings is 2. The van der Waals surface area contributed by atoms with Crippen LogP contribution >= 0.6 is 0 Å². The van der Waals surface area contributed by atoms with Gasteiger partial charge in [0.2, 0.25) is 0 Å². The fraction of sp³-hybridized carbons (Fsp3) is 0.276. The SMILES string of the molecule is c1cc(-c2ccc(N3CCOCC3)cn2)c2c(n1)[nH]c1ccc(-c3ccc(N4CCOCC4)cn3)cc12. The summed E-state index contributed by atoms with van der Waals surface area (Å²) in [7, 11) is 0. The monoisotopic (exact) mass is 492 g/mol. The van der Waals surface area contributed by atoms with Crippen LogP contribution in [0.3, 0.4) is 0 Å². The predicted octanol–water partition coefficient (Wildman–Crippen LogP) is 4.51. The Kier molecular flexibility index (Phi) is 5.68. The Morgan fingerprint density at radius 2 is 1.32 bits per heavy atom. The van der Waals surface area contributed by atoms with Crippen molar-refractivity contribution < 1.29 is 9.47 Å². The smallest absolute Gasteiger partial charge is 0.138 e. The zero-order chi connectivity index (χ0) is 24.6. The molecule has 7 rings (SSSR count). The standard InChI is InChI=1S/C29H28N6O2/c1-4-27-24(17-20(1)25-5-2-21(18-31-25)34-9-13-36-14-10-34)28-23(7-8-30-29(28)33-27)26-6-3-22(19-32-26)35-11-15-37-16-12-35/h1-8,17-19H,9-16H2,(H,30,33). The quantitative estimate of drug-likeness (QED) is 0.395. The second-order valence-corrected chi connectivity index (χ2v) is 9.47. The molecule has 2 saturated heterocycles. The lowest BCUT2D eigenvalue weighted by Gasteiger charge is -2.28. The van der Waals surface area contributed by atoms with Crippen LogP contribution in [0.15, 0.2) is 67.1 Å². The summed E-state index contributed by atoms with van der Waals surface area (Å²) in [5.74, 6) is 0. The number of hydrogen-bond acceptors (Lipinski definition) is 7. The lowest BCUT2D eigenvalue weighted by molar-refractivity contribution is 0.122. The van der Waals surface area contributed by atoms with Crippen LogP contribution in [0.25, 0.3) is 44.5 Å². The maximum atomic E-state index is 5.49. The van der Waals surface area contributed by atoms with E-state index < -0.39 is 0 Å². The Balaban J connectivity index is 1.25. The van der Waals surface area contributed by atoms with Crippen LogP contribution in [0.1, 0.15) is 0 Å². The number of hydrogen-bond donors (Lipinski definition) is 1. The number of benzene rings is 1. The minimum Gasteiger partial charge on any atom is -0.378 e. The fourth-order valence-electron chi connectivity index (χ4n) is 5.31. The van der Waals surface area contributed by atoms with Gasteiger partial charge in [0.15, 0.2) is 0 Å². The van der Waals surface area contributed by atoms with Gasteiger partial charge in [0.05, 0.1) is 61.6 Å². The molecule has 186 valence electrons. The number of nitrogens with zero attached hydrogens (tertiary/aromatic N) is 5. The number of aromatic amines is 1. The molecule has 2 aliphatic heterocycles. The van der Waals surface area contributed by atoms with Crippen molar-refractivity contribution in [3.8, 4) is 22.5 Å². The van der Waals surface area contributed by atoms with Crippen molar-refractivity contribution in [2.75, 3.05) is 62.4 Å². The Hall–Kier alpha value is -4.01. The van der Waals surface area contributed by atoms with Gasteiger partial charge >= 0.3 is 0 Å². The van der Waals surface area contributed by atoms with Crippen molar-refractivity contribution in [3.05, 3.63) is 67.1 Å². The zero-order valence-corrected chi connectivity index (χ0v) is 20.6. The second-order valence-electron chi connectivity index (χ2n) is 9.47. The fourth-order valence-corrected chi connectivity index (χ4v) is 5.31. The molecule has 1 aromatic carbocycles. The molecule has 37 heavy (non-hydrogen) atoms. The first kappa shape index (κ1) is 22.2. The number of ether oxygens (including phenoxy) is 2. The third kappa shape index (κ3) is 4.18. The van der Waals surface area contributed by atoms with Crippen LogP contribution in [-0.4, -0.2) is 72.5 Å². The van der Waals surface area contributed by atoms with Crippen molar-refractivity contribution in [2.45, 2.75) is 0 Å². The summed E-state index contributed by atoms with van der Waals surface area (Å²) in [5.41, 5.74) is 8.21. The van der Waals surface area contributed by atoms with Crippen LogP contribution in [0.4, 0.5) is 11.4 Å². The molecule has 2 aliphatic rings. The summed E-state index contributed by atoms with van der Waals surface area (Å²) < 4.78 is 11.0. The number of fused-ring (bicyclic) bond motifs is 3. The van der Waals surface area contributed by atoms with Gasteiger partial charge in [-0.1, -0.05) is 6.07 Å². The van der Waals surface area contributed by atoms with Crippen LogP contribution in [0.5, 0.6) is 0 Å². The van der Waals surface area contributed by atoms with E-state index in [9.17, 15) is 0 Å². The molecular formula is C29H28N6O2. The lowest BCUT2D eigenvalue weighted by Crippen LogP contribution is -2.36. The van der Waals surface area contributed by atoms with Crippen molar-refractivity contribution in [3.63, 3.8) is 0 Å². The van der Waals surface area contributed by atoms with Gasteiger partial charge in [-0.2, -0.15) is 0 Å². The molecule has 0 spiro atoms. The molecule has 0 bridgehead atoms. The zero-order valence-electron chi connectivity index (χ0n) is 20.6. The molecule has 8 heteroatoms. The van der Waals surface area contributed by atoms with Gasteiger partial charge in [0.25, 0.3) is 0 Å². The summed E-state index contributed by atoms with van der Waals surface area (Å²) in [6, 6.07) is 17.0. The van der Waals surface area contributed by atoms with Gasteiger partial charge in [-0.15, -0.1) is 0 Å². The molecule has 1 N–H and O–H groups in total. The molecule has 0 unspecified atom stereocenters. The third-order valence-electron chi connectivity index (χ3n) is 7.31. The maximum absolute atomic E-state index is 5.49. The Bertz CT molecular complexity index is 1540. The van der Waals surface area contributed by atoms with Crippen molar-refractivity contribution in [2.24, 2.45) is 0 Å². The Morgan fingerprint density at radius 3 is 1.95 bits per heavy atom. The van der Waals surface area contributed by atoms with Crippen LogP contribution < -0.4 is 9.80 Å². The highest BCUT2D eigenvalue weighted by Crippen LogP contribution is 2.35. The van der Waals surface area contributed by atoms with E-state index in [0.717, 1.165) is 108 Å². The predicted molar refractivity (Wildman–Crippen MR) is 146 cm³/mol. The summed E-state index contributed by atoms with van der Waals surface area (Å²) in [6.07, 6.45) is 5.78. The second kappa shape index (κ2) is 9.46. The minimum absolute atomic E-state index is 0.759. The molecule has 0 saturated carbocycles. The number of anilines is 2. The molecule has 0 amide bonds. The molecule has 4 aromatic heterocycles. The van der Waals surface area contributed by atoms with Gasteiger partial charge in [0, 0.05) is 59.8 Å². The summed E-state index contributed by atoms with van der Waals surface area (Å²) in [4.78, 5) is 22.4. The van der Waals surface area contributed by atoms with E-state index in [0.29, 0.717) is 0 Å². The molecule has 8 nitrogen and oxygen atoms in total. The normalized spacial score (nSPS) is 16.5. The highest BCUT2D eigenvalue weighted by molar-refractivity contribution is 6.13. The molecule has 0 aliphatic carbocycles. The van der Waals surface area contributed by atoms with E-state index in [4.69, 9.17) is 19.4 Å². The van der Waals surface area contributed by atoms with E-state index in [2.05, 4.69) is 68.3 Å². The number of rotatable bonds is 4.